The molecule has 0 aromatic carbocycles. The van der Waals surface area contributed by atoms with E-state index in [1.165, 1.54) is 19.1 Å². The third kappa shape index (κ3) is 2.28. The van der Waals surface area contributed by atoms with E-state index in [2.05, 4.69) is 15.0 Å². The molecule has 6 rings (SSSR count). The standard InChI is InChI=1S/C17H21N5O5/c18-15-10-16(20-4-19-15)22(5-21-10)17-12(24)11(23)9(26-17)3-25-8-2-6-1-7(8)14-13(6)27-14/h4-9,11-14,17,23-24H,1-3H2,(H2,18,19,20)/t6?,7?,8-,9+,11+,12+,13?,14?,17+/m0/s1. The number of imidazole rings is 1. The quantitative estimate of drug-likeness (QED) is 0.587. The third-order valence-electron chi connectivity index (χ3n) is 6.51. The number of nitrogens with two attached hydrogens (primary N) is 1. The van der Waals surface area contributed by atoms with Gasteiger partial charge < -0.3 is 30.2 Å². The maximum absolute atomic E-state index is 10.5. The van der Waals surface area contributed by atoms with Crippen LogP contribution in [0.25, 0.3) is 11.2 Å². The lowest BCUT2D eigenvalue weighted by molar-refractivity contribution is -0.0889. The molecular weight excluding hydrogens is 354 g/mol. The molecule has 2 bridgehead atoms. The Labute approximate surface area is 154 Å². The van der Waals surface area contributed by atoms with Crippen molar-refractivity contribution in [1.82, 2.24) is 19.5 Å². The van der Waals surface area contributed by atoms with Crippen molar-refractivity contribution < 1.29 is 24.4 Å². The summed E-state index contributed by atoms with van der Waals surface area (Å²) in [5.41, 5.74) is 6.69. The topological polar surface area (TPSA) is 141 Å². The van der Waals surface area contributed by atoms with Crippen molar-refractivity contribution in [3.63, 3.8) is 0 Å². The molecule has 2 aromatic rings. The van der Waals surface area contributed by atoms with Gasteiger partial charge in [0.25, 0.3) is 0 Å². The first-order valence-electron chi connectivity index (χ1n) is 9.33. The fourth-order valence-corrected chi connectivity index (χ4v) is 5.11. The third-order valence-corrected chi connectivity index (χ3v) is 6.51. The molecule has 4 fully saturated rings. The smallest absolute Gasteiger partial charge is 0.167 e. The minimum atomic E-state index is -1.12. The van der Waals surface area contributed by atoms with Gasteiger partial charge in [0.15, 0.2) is 17.7 Å². The Bertz CT molecular complexity index is 892. The minimum absolute atomic E-state index is 0.146. The number of fused-ring (bicyclic) bond motifs is 6. The number of ether oxygens (including phenoxy) is 3. The minimum Gasteiger partial charge on any atom is -0.387 e. The molecule has 2 aliphatic carbocycles. The van der Waals surface area contributed by atoms with Gasteiger partial charge in [0.2, 0.25) is 0 Å². The Kier molecular flexibility index (Phi) is 3.34. The van der Waals surface area contributed by atoms with E-state index in [1.54, 1.807) is 4.57 Å². The van der Waals surface area contributed by atoms with E-state index in [-0.39, 0.29) is 18.5 Å². The number of aromatic nitrogens is 4. The van der Waals surface area contributed by atoms with Gasteiger partial charge >= 0.3 is 0 Å². The van der Waals surface area contributed by atoms with Gasteiger partial charge in [-0.05, 0) is 18.8 Å². The lowest BCUT2D eigenvalue weighted by Gasteiger charge is -2.23. The molecule has 4 N–H and O–H groups in total. The molecule has 0 radical (unpaired) electrons. The van der Waals surface area contributed by atoms with Gasteiger partial charge in [0.1, 0.15) is 30.2 Å². The number of nitrogens with zero attached hydrogens (tertiary/aromatic N) is 4. The molecule has 0 spiro atoms. The predicted octanol–water partition coefficient (Wildman–Crippen LogP) is -0.780. The molecule has 2 aliphatic heterocycles. The summed E-state index contributed by atoms with van der Waals surface area (Å²) in [5, 5.41) is 20.9. The first-order chi connectivity index (χ1) is 13.1. The zero-order valence-electron chi connectivity index (χ0n) is 14.5. The highest BCUT2D eigenvalue weighted by Gasteiger charge is 2.63. The van der Waals surface area contributed by atoms with Crippen molar-refractivity contribution in [2.24, 2.45) is 11.8 Å². The van der Waals surface area contributed by atoms with Crippen molar-refractivity contribution in [3.8, 4) is 0 Å². The van der Waals surface area contributed by atoms with Crippen LogP contribution in [0, 0.1) is 11.8 Å². The molecule has 0 amide bonds. The average molecular weight is 375 g/mol. The second kappa shape index (κ2) is 5.58. The van der Waals surface area contributed by atoms with Crippen LogP contribution in [-0.2, 0) is 14.2 Å². The summed E-state index contributed by atoms with van der Waals surface area (Å²) in [6.45, 7) is 0.226. The van der Waals surface area contributed by atoms with Crippen molar-refractivity contribution in [2.45, 2.75) is 55.7 Å². The zero-order chi connectivity index (χ0) is 18.3. The van der Waals surface area contributed by atoms with Crippen LogP contribution in [0.5, 0.6) is 0 Å². The fraction of sp³-hybridized carbons (Fsp3) is 0.706. The summed E-state index contributed by atoms with van der Waals surface area (Å²) in [5.74, 6) is 1.32. The Morgan fingerprint density at radius 1 is 1.15 bits per heavy atom. The Morgan fingerprint density at radius 3 is 2.85 bits per heavy atom. The molecule has 9 atom stereocenters. The van der Waals surface area contributed by atoms with Crippen LogP contribution in [0.3, 0.4) is 0 Å². The van der Waals surface area contributed by atoms with E-state index in [1.807, 2.05) is 0 Å². The number of hydrogen-bond donors (Lipinski definition) is 3. The van der Waals surface area contributed by atoms with E-state index in [0.29, 0.717) is 35.2 Å². The highest BCUT2D eigenvalue weighted by molar-refractivity contribution is 5.81. The number of rotatable bonds is 4. The summed E-state index contributed by atoms with van der Waals surface area (Å²) < 4.78 is 19.2. The second-order valence-electron chi connectivity index (χ2n) is 7.96. The van der Waals surface area contributed by atoms with E-state index >= 15 is 0 Å². The van der Waals surface area contributed by atoms with E-state index in [4.69, 9.17) is 19.9 Å². The number of aliphatic hydroxyl groups excluding tert-OH is 2. The van der Waals surface area contributed by atoms with Crippen molar-refractivity contribution in [3.05, 3.63) is 12.7 Å². The molecule has 4 unspecified atom stereocenters. The van der Waals surface area contributed by atoms with Gasteiger partial charge in [-0.1, -0.05) is 0 Å². The molecule has 27 heavy (non-hydrogen) atoms. The molecule has 2 aromatic heterocycles. The second-order valence-corrected chi connectivity index (χ2v) is 7.96. The van der Waals surface area contributed by atoms with Crippen molar-refractivity contribution >= 4 is 17.0 Å². The number of nitrogen functional groups attached to an aromatic ring is 1. The largest absolute Gasteiger partial charge is 0.387 e. The molecule has 4 aliphatic rings. The lowest BCUT2D eigenvalue weighted by atomic mass is 9.98. The molecule has 10 heteroatoms. The van der Waals surface area contributed by atoms with Crippen LogP contribution in [0.4, 0.5) is 5.82 Å². The number of epoxide rings is 1. The summed E-state index contributed by atoms with van der Waals surface area (Å²) in [6.07, 6.45) is 2.33. The molecule has 144 valence electrons. The van der Waals surface area contributed by atoms with Gasteiger partial charge in [0, 0.05) is 5.92 Å². The van der Waals surface area contributed by atoms with Crippen LogP contribution in [0.15, 0.2) is 12.7 Å². The summed E-state index contributed by atoms with van der Waals surface area (Å²) in [4.78, 5) is 12.3. The highest BCUT2D eigenvalue weighted by atomic mass is 16.6. The average Bonchev–Trinajstić information content (AvgIpc) is 2.94. The predicted molar refractivity (Wildman–Crippen MR) is 90.3 cm³/mol. The van der Waals surface area contributed by atoms with Gasteiger partial charge in [0.05, 0.1) is 31.2 Å². The zero-order valence-corrected chi connectivity index (χ0v) is 14.5. The highest BCUT2D eigenvalue weighted by Crippen LogP contribution is 2.57. The van der Waals surface area contributed by atoms with Crippen molar-refractivity contribution in [1.29, 1.82) is 0 Å². The van der Waals surface area contributed by atoms with Crippen LogP contribution in [0.2, 0.25) is 0 Å². The maximum Gasteiger partial charge on any atom is 0.167 e. The van der Waals surface area contributed by atoms with Crippen molar-refractivity contribution in [2.75, 3.05) is 12.3 Å². The molecule has 2 saturated carbocycles. The monoisotopic (exact) mass is 375 g/mol. The Balaban J connectivity index is 1.17. The number of aliphatic hydroxyl groups is 2. The molecule has 2 saturated heterocycles. The molecular formula is C17H21N5O5. The molecule has 10 nitrogen and oxygen atoms in total. The Hall–Kier alpha value is -1.85. The Morgan fingerprint density at radius 2 is 2.04 bits per heavy atom. The fourth-order valence-electron chi connectivity index (χ4n) is 5.11. The van der Waals surface area contributed by atoms with Gasteiger partial charge in [-0.2, -0.15) is 0 Å². The van der Waals surface area contributed by atoms with E-state index in [0.717, 1.165) is 6.42 Å². The maximum atomic E-state index is 10.5. The SMILES string of the molecule is Nc1ncnc2c1ncn2[C@@H]1O[C@H](CO[C@H]2CC3CC2C2OC32)[C@@H](O)[C@H]1O. The normalized spacial score (nSPS) is 44.9. The number of hydrogen-bond acceptors (Lipinski definition) is 9. The first kappa shape index (κ1) is 16.1. The summed E-state index contributed by atoms with van der Waals surface area (Å²) in [7, 11) is 0. The molecule has 4 heterocycles. The van der Waals surface area contributed by atoms with Crippen LogP contribution in [0.1, 0.15) is 19.1 Å². The van der Waals surface area contributed by atoms with Gasteiger partial charge in [-0.25, -0.2) is 15.0 Å². The number of anilines is 1. The van der Waals surface area contributed by atoms with E-state index in [9.17, 15) is 10.2 Å². The van der Waals surface area contributed by atoms with Gasteiger partial charge in [-0.3, -0.25) is 4.57 Å². The van der Waals surface area contributed by atoms with Crippen LogP contribution in [-0.4, -0.2) is 73.0 Å². The first-order valence-corrected chi connectivity index (χ1v) is 9.33. The van der Waals surface area contributed by atoms with Gasteiger partial charge in [-0.15, -0.1) is 0 Å². The van der Waals surface area contributed by atoms with Crippen LogP contribution < -0.4 is 5.73 Å². The summed E-state index contributed by atoms with van der Waals surface area (Å²) in [6, 6.07) is 0. The van der Waals surface area contributed by atoms with Crippen LogP contribution >= 0.6 is 0 Å². The summed E-state index contributed by atoms with van der Waals surface area (Å²) >= 11 is 0. The lowest BCUT2D eigenvalue weighted by Crippen LogP contribution is -2.36. The van der Waals surface area contributed by atoms with E-state index < -0.39 is 24.5 Å².